The summed E-state index contributed by atoms with van der Waals surface area (Å²) >= 11 is -0.103. The van der Waals surface area contributed by atoms with Crippen molar-refractivity contribution < 1.29 is 17.7 Å². The van der Waals surface area contributed by atoms with Gasteiger partial charge in [0.05, 0.1) is 6.33 Å². The van der Waals surface area contributed by atoms with Crippen LogP contribution in [0.3, 0.4) is 0 Å². The van der Waals surface area contributed by atoms with Gasteiger partial charge < -0.3 is 14.0 Å². The zero-order chi connectivity index (χ0) is 23.6. The molecule has 0 unspecified atom stereocenters. The molecule has 1 saturated heterocycles. The topological polar surface area (TPSA) is 94.9 Å². The second-order valence-corrected chi connectivity index (χ2v) is 9.69. The Balaban J connectivity index is 1.12. The van der Waals surface area contributed by atoms with Gasteiger partial charge in [-0.3, -0.25) is 9.36 Å². The number of fused-ring (bicyclic) bond motifs is 2. The van der Waals surface area contributed by atoms with Gasteiger partial charge in [-0.2, -0.15) is 18.2 Å². The summed E-state index contributed by atoms with van der Waals surface area (Å²) in [4.78, 5) is 27.7. The van der Waals surface area contributed by atoms with Gasteiger partial charge in [-0.05, 0) is 41.8 Å². The number of hydrogen-bond donors (Lipinski definition) is 0. The molecule has 0 spiro atoms. The number of imidazole rings is 1. The molecule has 0 N–H and O–H groups in total. The Kier molecular flexibility index (Phi) is 4.73. The van der Waals surface area contributed by atoms with E-state index in [4.69, 9.17) is 4.52 Å². The van der Waals surface area contributed by atoms with Gasteiger partial charge in [0.1, 0.15) is 12.9 Å². The first kappa shape index (κ1) is 21.2. The minimum Gasteiger partial charge on any atom is -0.371 e. The number of aromatic nitrogens is 6. The molecular formula is C21H18F3N7O2S. The Morgan fingerprint density at radius 2 is 1.94 bits per heavy atom. The summed E-state index contributed by atoms with van der Waals surface area (Å²) in [7, 11) is 1.73. The zero-order valence-electron chi connectivity index (χ0n) is 17.8. The van der Waals surface area contributed by atoms with Gasteiger partial charge in [-0.1, -0.05) is 11.2 Å². The van der Waals surface area contributed by atoms with Crippen LogP contribution in [0.4, 0.5) is 18.9 Å². The van der Waals surface area contributed by atoms with Gasteiger partial charge in [0.25, 0.3) is 5.56 Å². The molecule has 9 nitrogen and oxygen atoms in total. The van der Waals surface area contributed by atoms with Crippen LogP contribution in [-0.2, 0) is 13.6 Å². The summed E-state index contributed by atoms with van der Waals surface area (Å²) in [5.41, 5.74) is -2.98. The molecule has 3 aromatic heterocycles. The van der Waals surface area contributed by atoms with Crippen LogP contribution in [0.25, 0.3) is 11.2 Å². The number of anilines is 1. The number of hydrogen-bond acceptors (Lipinski definition) is 8. The minimum atomic E-state index is -4.31. The first-order valence-electron chi connectivity index (χ1n) is 10.6. The van der Waals surface area contributed by atoms with Gasteiger partial charge >= 0.3 is 5.51 Å². The molecule has 0 radical (unpaired) electrons. The van der Waals surface area contributed by atoms with E-state index >= 15 is 0 Å². The molecule has 13 heteroatoms. The van der Waals surface area contributed by atoms with Gasteiger partial charge in [0.2, 0.25) is 5.89 Å². The molecular weight excluding hydrogens is 471 g/mol. The van der Waals surface area contributed by atoms with E-state index in [1.807, 2.05) is 6.07 Å². The van der Waals surface area contributed by atoms with E-state index in [-0.39, 0.29) is 34.7 Å². The van der Waals surface area contributed by atoms with Crippen molar-refractivity contribution in [3.05, 3.63) is 59.0 Å². The van der Waals surface area contributed by atoms with Crippen molar-refractivity contribution in [2.24, 2.45) is 18.9 Å². The number of rotatable bonds is 5. The first-order chi connectivity index (χ1) is 16.3. The van der Waals surface area contributed by atoms with Crippen LogP contribution in [-0.4, -0.2) is 47.8 Å². The predicted octanol–water partition coefficient (Wildman–Crippen LogP) is 3.02. The lowest BCUT2D eigenvalue weighted by Crippen LogP contribution is -2.24. The van der Waals surface area contributed by atoms with E-state index in [1.54, 1.807) is 23.7 Å². The molecule has 1 aliphatic heterocycles. The van der Waals surface area contributed by atoms with Crippen LogP contribution in [0.15, 0.2) is 51.1 Å². The Hall–Kier alpha value is -3.35. The molecule has 1 aliphatic carbocycles. The molecule has 0 bridgehead atoms. The summed E-state index contributed by atoms with van der Waals surface area (Å²) in [6.07, 6.45) is 2.95. The first-order valence-corrected chi connectivity index (χ1v) is 11.4. The maximum absolute atomic E-state index is 12.7. The molecule has 2 aliphatic rings. The number of aryl methyl sites for hydroxylation is 1. The number of benzene rings is 1. The van der Waals surface area contributed by atoms with Crippen LogP contribution in [0, 0.1) is 11.8 Å². The van der Waals surface area contributed by atoms with Crippen molar-refractivity contribution in [1.82, 2.24) is 29.2 Å². The summed E-state index contributed by atoms with van der Waals surface area (Å²) in [5, 5.41) is 4.12. The third-order valence-electron chi connectivity index (χ3n) is 6.40. The normalized spacial score (nSPS) is 21.9. The third kappa shape index (κ3) is 3.73. The van der Waals surface area contributed by atoms with E-state index in [9.17, 15) is 18.0 Å². The number of piperidine rings is 1. The lowest BCUT2D eigenvalue weighted by Gasteiger charge is -2.22. The molecule has 3 atom stereocenters. The van der Waals surface area contributed by atoms with E-state index in [0.717, 1.165) is 18.8 Å². The molecule has 4 aromatic rings. The zero-order valence-corrected chi connectivity index (χ0v) is 18.6. The number of halogens is 3. The number of alkyl halides is 3. The molecule has 0 amide bonds. The lowest BCUT2D eigenvalue weighted by atomic mass is 10.2. The fourth-order valence-corrected chi connectivity index (χ4v) is 5.39. The highest BCUT2D eigenvalue weighted by molar-refractivity contribution is 8.00. The Bertz CT molecular complexity index is 1430. The summed E-state index contributed by atoms with van der Waals surface area (Å²) < 4.78 is 46.5. The van der Waals surface area contributed by atoms with Crippen molar-refractivity contribution in [3.8, 4) is 0 Å². The van der Waals surface area contributed by atoms with E-state index < -0.39 is 5.51 Å². The smallest absolute Gasteiger partial charge is 0.371 e. The quantitative estimate of drug-likeness (QED) is 0.395. The SMILES string of the molecule is Cn1cnc2ncn(Cc3nc([C@@H]4[C@@H]5CN(c6cccc(SC(F)(F)F)c6)C[C@@H]54)no3)c(=O)c21. The highest BCUT2D eigenvalue weighted by atomic mass is 32.2. The average molecular weight is 489 g/mol. The standard InChI is InChI=1S/C21H18F3N7O2S/c1-29-9-25-19-17(29)20(32)31(10-26-19)8-15-27-18(28-33-15)16-13-6-30(7-14(13)16)11-3-2-4-12(5-11)34-21(22,23)24/h2-5,9-10,13-14,16H,6-8H2,1H3/t13-,14+,16-. The van der Waals surface area contributed by atoms with Crippen LogP contribution < -0.4 is 10.5 Å². The van der Waals surface area contributed by atoms with Gasteiger partial charge in [-0.15, -0.1) is 0 Å². The van der Waals surface area contributed by atoms with Crippen LogP contribution in [0.2, 0.25) is 0 Å². The monoisotopic (exact) mass is 489 g/mol. The van der Waals surface area contributed by atoms with Crippen molar-refractivity contribution in [1.29, 1.82) is 0 Å². The highest BCUT2D eigenvalue weighted by Gasteiger charge is 2.58. The van der Waals surface area contributed by atoms with Crippen LogP contribution in [0.5, 0.6) is 0 Å². The molecule has 1 aromatic carbocycles. The van der Waals surface area contributed by atoms with Crippen molar-refractivity contribution >= 4 is 28.6 Å². The maximum atomic E-state index is 12.7. The molecule has 34 heavy (non-hydrogen) atoms. The minimum absolute atomic E-state index is 0.103. The van der Waals surface area contributed by atoms with Crippen molar-refractivity contribution in [2.45, 2.75) is 22.9 Å². The third-order valence-corrected chi connectivity index (χ3v) is 7.12. The van der Waals surface area contributed by atoms with E-state index in [1.165, 1.54) is 23.3 Å². The van der Waals surface area contributed by atoms with Gasteiger partial charge in [0, 0.05) is 36.6 Å². The van der Waals surface area contributed by atoms with E-state index in [2.05, 4.69) is 25.0 Å². The predicted molar refractivity (Wildman–Crippen MR) is 116 cm³/mol. The summed E-state index contributed by atoms with van der Waals surface area (Å²) in [6.45, 7) is 1.55. The van der Waals surface area contributed by atoms with Crippen molar-refractivity contribution in [3.63, 3.8) is 0 Å². The fourth-order valence-electron chi connectivity index (χ4n) is 4.80. The number of thioether (sulfide) groups is 1. The molecule has 6 rings (SSSR count). The second kappa shape index (κ2) is 7.58. The van der Waals surface area contributed by atoms with Gasteiger partial charge in [0.15, 0.2) is 17.0 Å². The maximum Gasteiger partial charge on any atom is 0.446 e. The van der Waals surface area contributed by atoms with E-state index in [0.29, 0.717) is 34.7 Å². The summed E-state index contributed by atoms with van der Waals surface area (Å²) in [5.74, 6) is 1.71. The average Bonchev–Trinajstić information content (AvgIpc) is 3.19. The van der Waals surface area contributed by atoms with Crippen LogP contribution >= 0.6 is 11.8 Å². The molecule has 176 valence electrons. The second-order valence-electron chi connectivity index (χ2n) is 8.56. The highest BCUT2D eigenvalue weighted by Crippen LogP contribution is 2.58. The Morgan fingerprint density at radius 1 is 1.18 bits per heavy atom. The summed E-state index contributed by atoms with van der Waals surface area (Å²) in [6, 6.07) is 6.53. The fraction of sp³-hybridized carbons (Fsp3) is 0.381. The van der Waals surface area contributed by atoms with Crippen molar-refractivity contribution in [2.75, 3.05) is 18.0 Å². The Morgan fingerprint density at radius 3 is 2.71 bits per heavy atom. The largest absolute Gasteiger partial charge is 0.446 e. The molecule has 4 heterocycles. The molecule has 2 fully saturated rings. The Labute approximate surface area is 194 Å². The number of nitrogens with zero attached hydrogens (tertiary/aromatic N) is 7. The lowest BCUT2D eigenvalue weighted by molar-refractivity contribution is -0.0328. The van der Waals surface area contributed by atoms with Gasteiger partial charge in [-0.25, -0.2) is 9.97 Å². The van der Waals surface area contributed by atoms with Crippen LogP contribution in [0.1, 0.15) is 17.6 Å². The molecule has 1 saturated carbocycles.